The molecule has 0 aliphatic carbocycles. The zero-order chi connectivity index (χ0) is 24.4. The molecule has 0 spiro atoms. The number of fused-ring (bicyclic) bond motifs is 2. The zero-order valence-electron chi connectivity index (χ0n) is 18.8. The quantitative estimate of drug-likeness (QED) is 0.351. The van der Waals surface area contributed by atoms with E-state index in [1.807, 2.05) is 25.1 Å². The summed E-state index contributed by atoms with van der Waals surface area (Å²) in [5, 5.41) is 3.70. The molecule has 2 heterocycles. The average Bonchev–Trinajstić information content (AvgIpc) is 3.29. The fraction of sp³-hybridized carbons (Fsp3) is 0.160. The molecule has 1 amide bonds. The molecule has 10 heteroatoms. The van der Waals surface area contributed by atoms with E-state index in [1.165, 1.54) is 12.1 Å². The molecular weight excluding hydrogens is 470 g/mol. The van der Waals surface area contributed by atoms with Crippen molar-refractivity contribution in [1.82, 2.24) is 4.98 Å². The highest BCUT2D eigenvalue weighted by Crippen LogP contribution is 2.33. The molecule has 3 aromatic carbocycles. The molecule has 0 saturated heterocycles. The number of carbonyl (C=O) groups is 1. The van der Waals surface area contributed by atoms with Crippen LogP contribution >= 0.6 is 0 Å². The molecule has 0 unspecified atom stereocenters. The van der Waals surface area contributed by atoms with Crippen LogP contribution in [-0.2, 0) is 10.0 Å². The Bertz CT molecular complexity index is 1500. The highest BCUT2D eigenvalue weighted by Gasteiger charge is 2.19. The number of hydrogen-bond acceptors (Lipinski definition) is 6. The predicted molar refractivity (Wildman–Crippen MR) is 132 cm³/mol. The molecule has 0 atom stereocenters. The number of benzene rings is 3. The van der Waals surface area contributed by atoms with Gasteiger partial charge in [-0.05, 0) is 61.5 Å². The number of hydrogen-bond donors (Lipinski definition) is 3. The summed E-state index contributed by atoms with van der Waals surface area (Å²) in [6, 6.07) is 18.2. The highest BCUT2D eigenvalue weighted by atomic mass is 32.2. The monoisotopic (exact) mass is 493 g/mol. The molecule has 1 aromatic heterocycles. The maximum Gasteiger partial charge on any atom is 0.272 e. The lowest BCUT2D eigenvalue weighted by Gasteiger charge is -2.19. The third kappa shape index (κ3) is 4.87. The normalized spacial score (nSPS) is 12.8. The molecule has 4 aromatic rings. The average molecular weight is 494 g/mol. The molecule has 1 aliphatic heterocycles. The first kappa shape index (κ1) is 22.6. The van der Waals surface area contributed by atoms with Crippen molar-refractivity contribution in [1.29, 1.82) is 0 Å². The summed E-state index contributed by atoms with van der Waals surface area (Å²) in [5.41, 5.74) is 2.07. The van der Waals surface area contributed by atoms with Crippen LogP contribution in [0.5, 0.6) is 17.2 Å². The van der Waals surface area contributed by atoms with Crippen LogP contribution in [0.15, 0.2) is 71.6 Å². The number of nitrogens with one attached hydrogen (secondary N) is 3. The Morgan fingerprint density at radius 3 is 2.46 bits per heavy atom. The number of H-pyrrole nitrogens is 1. The van der Waals surface area contributed by atoms with Crippen molar-refractivity contribution in [3.63, 3.8) is 0 Å². The van der Waals surface area contributed by atoms with Crippen molar-refractivity contribution < 1.29 is 27.4 Å². The Labute approximate surface area is 202 Å². The van der Waals surface area contributed by atoms with Gasteiger partial charge in [0.25, 0.3) is 15.9 Å². The van der Waals surface area contributed by atoms with E-state index in [1.54, 1.807) is 36.4 Å². The van der Waals surface area contributed by atoms with Crippen LogP contribution in [0.1, 0.15) is 17.4 Å². The fourth-order valence-electron chi connectivity index (χ4n) is 3.71. The summed E-state index contributed by atoms with van der Waals surface area (Å²) in [5.74, 6) is 1.31. The topological polar surface area (TPSA) is 119 Å². The van der Waals surface area contributed by atoms with Crippen LogP contribution in [0.4, 0.5) is 11.4 Å². The van der Waals surface area contributed by atoms with Gasteiger partial charge in [-0.2, -0.15) is 0 Å². The van der Waals surface area contributed by atoms with E-state index in [2.05, 4.69) is 15.0 Å². The smallest absolute Gasteiger partial charge is 0.272 e. The zero-order valence-corrected chi connectivity index (χ0v) is 19.6. The number of ether oxygens (including phenoxy) is 3. The van der Waals surface area contributed by atoms with Gasteiger partial charge in [0.05, 0.1) is 11.5 Å². The molecule has 9 nitrogen and oxygen atoms in total. The van der Waals surface area contributed by atoms with Crippen LogP contribution in [0.25, 0.3) is 10.9 Å². The molecule has 0 radical (unpaired) electrons. The second kappa shape index (κ2) is 9.22. The minimum atomic E-state index is -3.84. The van der Waals surface area contributed by atoms with Gasteiger partial charge in [-0.25, -0.2) is 8.42 Å². The maximum absolute atomic E-state index is 12.8. The Morgan fingerprint density at radius 1 is 0.943 bits per heavy atom. The molecule has 0 bridgehead atoms. The van der Waals surface area contributed by atoms with Crippen molar-refractivity contribution in [2.45, 2.75) is 11.8 Å². The third-order valence-electron chi connectivity index (χ3n) is 5.37. The third-order valence-corrected chi connectivity index (χ3v) is 6.75. The molecule has 180 valence electrons. The summed E-state index contributed by atoms with van der Waals surface area (Å²) in [6.45, 7) is 3.26. The minimum absolute atomic E-state index is 0.0606. The lowest BCUT2D eigenvalue weighted by atomic mass is 10.2. The number of sulfonamides is 1. The number of anilines is 2. The van der Waals surface area contributed by atoms with E-state index < -0.39 is 10.0 Å². The van der Waals surface area contributed by atoms with E-state index in [-0.39, 0.29) is 10.8 Å². The van der Waals surface area contributed by atoms with E-state index in [9.17, 15) is 13.2 Å². The molecule has 35 heavy (non-hydrogen) atoms. The molecule has 0 saturated carbocycles. The van der Waals surface area contributed by atoms with E-state index in [0.717, 1.165) is 16.7 Å². The first-order valence-corrected chi connectivity index (χ1v) is 12.5. The maximum atomic E-state index is 12.8. The van der Waals surface area contributed by atoms with Gasteiger partial charge in [-0.15, -0.1) is 0 Å². The van der Waals surface area contributed by atoms with Gasteiger partial charge >= 0.3 is 0 Å². The standard InChI is InChI=1S/C25H23N3O6S/c1-2-32-19-8-3-16-13-22(27-21(16)14-19)25(29)26-17-4-6-18(7-5-17)28-35(30,31)20-9-10-23-24(15-20)34-12-11-33-23/h3-10,13-15,27-28H,2,11-12H2,1H3,(H,26,29). The van der Waals surface area contributed by atoms with Crippen molar-refractivity contribution >= 4 is 38.2 Å². The van der Waals surface area contributed by atoms with Gasteiger partial charge < -0.3 is 24.5 Å². The second-order valence-corrected chi connectivity index (χ2v) is 9.49. The summed E-state index contributed by atoms with van der Waals surface area (Å²) in [7, 11) is -3.84. The van der Waals surface area contributed by atoms with Crippen molar-refractivity contribution in [3.05, 3.63) is 72.4 Å². The lowest BCUT2D eigenvalue weighted by molar-refractivity contribution is 0.102. The van der Waals surface area contributed by atoms with Gasteiger partial charge in [0.1, 0.15) is 24.7 Å². The second-order valence-electron chi connectivity index (χ2n) is 7.81. The Kier molecular flexibility index (Phi) is 5.96. The lowest BCUT2D eigenvalue weighted by Crippen LogP contribution is -2.17. The highest BCUT2D eigenvalue weighted by molar-refractivity contribution is 7.92. The van der Waals surface area contributed by atoms with Crippen LogP contribution in [0.2, 0.25) is 0 Å². The Hall–Kier alpha value is -4.18. The van der Waals surface area contributed by atoms with Crippen molar-refractivity contribution in [2.24, 2.45) is 0 Å². The first-order valence-electron chi connectivity index (χ1n) is 11.0. The van der Waals surface area contributed by atoms with Gasteiger partial charge in [0.15, 0.2) is 11.5 Å². The van der Waals surface area contributed by atoms with E-state index in [4.69, 9.17) is 14.2 Å². The van der Waals surface area contributed by atoms with Crippen molar-refractivity contribution in [2.75, 3.05) is 29.9 Å². The summed E-state index contributed by atoms with van der Waals surface area (Å²) in [6.07, 6.45) is 0. The Morgan fingerprint density at radius 2 is 1.69 bits per heavy atom. The molecule has 1 aliphatic rings. The fourth-order valence-corrected chi connectivity index (χ4v) is 4.78. The summed E-state index contributed by atoms with van der Waals surface area (Å²) >= 11 is 0. The van der Waals surface area contributed by atoms with Gasteiger partial charge in [0, 0.05) is 34.4 Å². The van der Waals surface area contributed by atoms with Gasteiger partial charge in [-0.3, -0.25) is 9.52 Å². The summed E-state index contributed by atoms with van der Waals surface area (Å²) in [4.78, 5) is 15.9. The van der Waals surface area contributed by atoms with E-state index >= 15 is 0 Å². The molecular formula is C25H23N3O6S. The van der Waals surface area contributed by atoms with Crippen molar-refractivity contribution in [3.8, 4) is 17.2 Å². The van der Waals surface area contributed by atoms with Gasteiger partial charge in [-0.1, -0.05) is 0 Å². The van der Waals surface area contributed by atoms with Crippen LogP contribution in [0, 0.1) is 0 Å². The number of aromatic amines is 1. The molecule has 5 rings (SSSR count). The van der Waals surface area contributed by atoms with Crippen LogP contribution < -0.4 is 24.2 Å². The molecule has 3 N–H and O–H groups in total. The SMILES string of the molecule is CCOc1ccc2cc(C(=O)Nc3ccc(NS(=O)(=O)c4ccc5c(c4)OCCO5)cc3)[nH]c2c1. The minimum Gasteiger partial charge on any atom is -0.494 e. The van der Waals surface area contributed by atoms with E-state index in [0.29, 0.717) is 48.4 Å². The largest absolute Gasteiger partial charge is 0.494 e. The Balaban J connectivity index is 1.26. The number of rotatable bonds is 7. The number of amides is 1. The van der Waals surface area contributed by atoms with Gasteiger partial charge in [0.2, 0.25) is 0 Å². The van der Waals surface area contributed by atoms with Crippen LogP contribution in [0.3, 0.4) is 0 Å². The summed E-state index contributed by atoms with van der Waals surface area (Å²) < 4.78 is 44.5. The number of aromatic nitrogens is 1. The van der Waals surface area contributed by atoms with Crippen LogP contribution in [-0.4, -0.2) is 39.1 Å². The first-order chi connectivity index (χ1) is 16.9. The molecule has 0 fully saturated rings. The number of carbonyl (C=O) groups excluding carboxylic acids is 1. The predicted octanol–water partition coefficient (Wildman–Crippen LogP) is 4.39.